The van der Waals surface area contributed by atoms with Crippen molar-refractivity contribution >= 4 is 17.7 Å². The topological polar surface area (TPSA) is 91.4 Å². The van der Waals surface area contributed by atoms with Crippen LogP contribution < -0.4 is 9.47 Å². The molecule has 3 rings (SSSR count). The summed E-state index contributed by atoms with van der Waals surface area (Å²) in [4.78, 5) is 38.2. The van der Waals surface area contributed by atoms with E-state index in [0.29, 0.717) is 36.4 Å². The number of hydrogen-bond donors (Lipinski definition) is 0. The second kappa shape index (κ2) is 6.94. The molecule has 1 fully saturated rings. The van der Waals surface area contributed by atoms with Crippen LogP contribution in [0.3, 0.4) is 0 Å². The Kier molecular flexibility index (Phi) is 4.82. The number of nitrogens with zero attached hydrogens (tertiary/aromatic N) is 1. The maximum absolute atomic E-state index is 13.2. The Morgan fingerprint density at radius 3 is 2.52 bits per heavy atom. The molecule has 1 aromatic rings. The minimum atomic E-state index is -1.51. The zero-order valence-corrected chi connectivity index (χ0v) is 15.7. The van der Waals surface area contributed by atoms with Gasteiger partial charge in [0.2, 0.25) is 23.2 Å². The van der Waals surface area contributed by atoms with Gasteiger partial charge in [0.05, 0.1) is 14.2 Å². The standard InChI is InChI=1S/C19H21NO7/c1-11(21)26-16-17(23)19(2,27-18(16)20-9-5-6-15(20)22)13-8-7-12(24-3)10-14(13)25-4/h7-8,10H,5-6,9H2,1-4H3. The molecule has 0 spiro atoms. The first kappa shape index (κ1) is 18.8. The Morgan fingerprint density at radius 1 is 1.22 bits per heavy atom. The van der Waals surface area contributed by atoms with Crippen molar-refractivity contribution < 1.29 is 33.3 Å². The highest BCUT2D eigenvalue weighted by molar-refractivity contribution is 6.05. The first-order valence-electron chi connectivity index (χ1n) is 8.51. The molecule has 0 aliphatic carbocycles. The van der Waals surface area contributed by atoms with Crippen LogP contribution in [0.5, 0.6) is 11.5 Å². The van der Waals surface area contributed by atoms with Crippen molar-refractivity contribution in [2.24, 2.45) is 0 Å². The second-order valence-electron chi connectivity index (χ2n) is 6.41. The smallest absolute Gasteiger partial charge is 0.308 e. The first-order valence-corrected chi connectivity index (χ1v) is 8.51. The van der Waals surface area contributed by atoms with Crippen molar-refractivity contribution in [2.45, 2.75) is 32.3 Å². The van der Waals surface area contributed by atoms with Crippen molar-refractivity contribution in [3.63, 3.8) is 0 Å². The number of hydrogen-bond acceptors (Lipinski definition) is 7. The molecule has 1 atom stereocenters. The first-order chi connectivity index (χ1) is 12.8. The molecular weight excluding hydrogens is 354 g/mol. The average Bonchev–Trinajstić information content (AvgIpc) is 3.17. The van der Waals surface area contributed by atoms with Crippen LogP contribution in [-0.4, -0.2) is 43.3 Å². The molecule has 27 heavy (non-hydrogen) atoms. The zero-order chi connectivity index (χ0) is 19.8. The van der Waals surface area contributed by atoms with Gasteiger partial charge in [0.15, 0.2) is 0 Å². The summed E-state index contributed by atoms with van der Waals surface area (Å²) in [6.07, 6.45) is 0.979. The van der Waals surface area contributed by atoms with Gasteiger partial charge in [0.1, 0.15) is 11.5 Å². The molecule has 1 aromatic carbocycles. The number of ketones is 1. The third kappa shape index (κ3) is 3.11. The number of likely N-dealkylation sites (tertiary alicyclic amines) is 1. The fourth-order valence-electron chi connectivity index (χ4n) is 3.24. The highest BCUT2D eigenvalue weighted by Crippen LogP contribution is 2.45. The average molecular weight is 375 g/mol. The second-order valence-corrected chi connectivity index (χ2v) is 6.41. The van der Waals surface area contributed by atoms with E-state index in [1.807, 2.05) is 0 Å². The van der Waals surface area contributed by atoms with Gasteiger partial charge in [-0.05, 0) is 25.5 Å². The summed E-state index contributed by atoms with van der Waals surface area (Å²) in [5.41, 5.74) is -1.08. The summed E-state index contributed by atoms with van der Waals surface area (Å²) in [6, 6.07) is 4.95. The lowest BCUT2D eigenvalue weighted by Gasteiger charge is -2.27. The van der Waals surface area contributed by atoms with E-state index in [2.05, 4.69) is 0 Å². The van der Waals surface area contributed by atoms with Crippen molar-refractivity contribution in [1.29, 1.82) is 0 Å². The number of esters is 1. The molecule has 0 N–H and O–H groups in total. The monoisotopic (exact) mass is 375 g/mol. The maximum Gasteiger partial charge on any atom is 0.308 e. The highest BCUT2D eigenvalue weighted by Gasteiger charge is 2.53. The Bertz CT molecular complexity index is 844. The summed E-state index contributed by atoms with van der Waals surface area (Å²) in [6.45, 7) is 3.13. The summed E-state index contributed by atoms with van der Waals surface area (Å²) < 4.78 is 21.7. The number of methoxy groups -OCH3 is 2. The van der Waals surface area contributed by atoms with E-state index in [-0.39, 0.29) is 17.5 Å². The van der Waals surface area contributed by atoms with Crippen molar-refractivity contribution in [3.8, 4) is 11.5 Å². The Balaban J connectivity index is 2.07. The summed E-state index contributed by atoms with van der Waals surface area (Å²) in [5.74, 6) is -0.786. The molecular formula is C19H21NO7. The van der Waals surface area contributed by atoms with Gasteiger partial charge in [-0.2, -0.15) is 0 Å². The van der Waals surface area contributed by atoms with E-state index in [1.165, 1.54) is 26.0 Å². The molecule has 2 aliphatic rings. The van der Waals surface area contributed by atoms with Gasteiger partial charge in [0, 0.05) is 31.5 Å². The summed E-state index contributed by atoms with van der Waals surface area (Å²) in [5, 5.41) is 0. The predicted molar refractivity (Wildman–Crippen MR) is 92.7 cm³/mol. The van der Waals surface area contributed by atoms with Gasteiger partial charge >= 0.3 is 5.97 Å². The van der Waals surface area contributed by atoms with Crippen LogP contribution in [0.2, 0.25) is 0 Å². The van der Waals surface area contributed by atoms with E-state index >= 15 is 0 Å². The molecule has 8 heteroatoms. The third-order valence-corrected chi connectivity index (χ3v) is 4.62. The largest absolute Gasteiger partial charge is 0.497 e. The molecule has 2 heterocycles. The van der Waals surface area contributed by atoms with Gasteiger partial charge in [-0.15, -0.1) is 0 Å². The molecule has 1 unspecified atom stereocenters. The number of benzene rings is 1. The third-order valence-electron chi connectivity index (χ3n) is 4.62. The SMILES string of the molecule is COc1ccc(C2(C)OC(N3CCCC3=O)=C(OC(C)=O)C2=O)c(OC)c1. The van der Waals surface area contributed by atoms with Crippen LogP contribution in [0.25, 0.3) is 0 Å². The number of carbonyl (C=O) groups excluding carboxylic acids is 3. The Hall–Kier alpha value is -3.03. The van der Waals surface area contributed by atoms with Gasteiger partial charge in [0.25, 0.3) is 5.78 Å². The van der Waals surface area contributed by atoms with Crippen LogP contribution >= 0.6 is 0 Å². The van der Waals surface area contributed by atoms with E-state index in [4.69, 9.17) is 18.9 Å². The number of rotatable bonds is 5. The van der Waals surface area contributed by atoms with Crippen LogP contribution in [-0.2, 0) is 29.5 Å². The van der Waals surface area contributed by atoms with E-state index < -0.39 is 17.4 Å². The number of carbonyl (C=O) groups is 3. The van der Waals surface area contributed by atoms with Crippen LogP contribution in [0.15, 0.2) is 29.8 Å². The molecule has 0 bridgehead atoms. The molecule has 0 radical (unpaired) electrons. The van der Waals surface area contributed by atoms with Gasteiger partial charge in [-0.3, -0.25) is 19.3 Å². The zero-order valence-electron chi connectivity index (χ0n) is 15.7. The summed E-state index contributed by atoms with van der Waals surface area (Å²) >= 11 is 0. The van der Waals surface area contributed by atoms with E-state index in [1.54, 1.807) is 25.1 Å². The quantitative estimate of drug-likeness (QED) is 0.726. The van der Waals surface area contributed by atoms with E-state index in [9.17, 15) is 14.4 Å². The predicted octanol–water partition coefficient (Wildman–Crippen LogP) is 1.87. The molecule has 8 nitrogen and oxygen atoms in total. The van der Waals surface area contributed by atoms with E-state index in [0.717, 1.165) is 0 Å². The van der Waals surface area contributed by atoms with Gasteiger partial charge in [-0.25, -0.2) is 0 Å². The molecule has 144 valence electrons. The Morgan fingerprint density at radius 2 is 1.96 bits per heavy atom. The lowest BCUT2D eigenvalue weighted by molar-refractivity contribution is -0.142. The van der Waals surface area contributed by atoms with Crippen LogP contribution in [0.4, 0.5) is 0 Å². The van der Waals surface area contributed by atoms with Crippen molar-refractivity contribution in [1.82, 2.24) is 4.90 Å². The van der Waals surface area contributed by atoms with Crippen LogP contribution in [0.1, 0.15) is 32.3 Å². The molecule has 1 amide bonds. The minimum absolute atomic E-state index is 0.0296. The lowest BCUT2D eigenvalue weighted by atomic mass is 9.90. The minimum Gasteiger partial charge on any atom is -0.497 e. The van der Waals surface area contributed by atoms with Gasteiger partial charge < -0.3 is 18.9 Å². The Labute approximate surface area is 156 Å². The normalized spacial score (nSPS) is 22.1. The fraction of sp³-hybridized carbons (Fsp3) is 0.421. The maximum atomic E-state index is 13.2. The number of amides is 1. The molecule has 0 aromatic heterocycles. The van der Waals surface area contributed by atoms with Crippen molar-refractivity contribution in [2.75, 3.05) is 20.8 Å². The van der Waals surface area contributed by atoms with Crippen molar-refractivity contribution in [3.05, 3.63) is 35.4 Å². The number of Topliss-reactive ketones (excluding diaryl/α,β-unsaturated/α-hetero) is 1. The fourth-order valence-corrected chi connectivity index (χ4v) is 3.24. The lowest BCUT2D eigenvalue weighted by Crippen LogP contribution is -2.33. The molecule has 1 saturated heterocycles. The summed E-state index contributed by atoms with van der Waals surface area (Å²) in [7, 11) is 2.98. The van der Waals surface area contributed by atoms with Gasteiger partial charge in [-0.1, -0.05) is 0 Å². The highest BCUT2D eigenvalue weighted by atomic mass is 16.6. The molecule has 2 aliphatic heterocycles. The molecule has 0 saturated carbocycles. The van der Waals surface area contributed by atoms with Crippen LogP contribution in [0, 0.1) is 0 Å². The number of ether oxygens (including phenoxy) is 4.